The molecule has 0 saturated carbocycles. The fraction of sp³-hybridized carbons (Fsp3) is 0.304. The molecule has 0 radical (unpaired) electrons. The normalized spacial score (nSPS) is 19.6. The summed E-state index contributed by atoms with van der Waals surface area (Å²) in [5.41, 5.74) is 3.32. The predicted octanol–water partition coefficient (Wildman–Crippen LogP) is 4.04. The fourth-order valence-corrected chi connectivity index (χ4v) is 3.92. The number of β-amino-alcohol motifs (C(OH)–C–C–N with tert-alkyl or cyclic N) is 1. The molecule has 0 aliphatic carbocycles. The molecule has 1 aliphatic rings. The Morgan fingerprint density at radius 2 is 1.82 bits per heavy atom. The Kier molecular flexibility index (Phi) is 5.35. The first-order chi connectivity index (χ1) is 13.6. The molecule has 0 bridgehead atoms. The molecule has 0 amide bonds. The Bertz CT molecular complexity index is 905. The van der Waals surface area contributed by atoms with E-state index in [1.165, 1.54) is 12.1 Å². The molecule has 2 heterocycles. The smallest absolute Gasteiger partial charge is 0.123 e. The summed E-state index contributed by atoms with van der Waals surface area (Å²) >= 11 is 0. The molecule has 1 N–H and O–H groups in total. The lowest BCUT2D eigenvalue weighted by molar-refractivity contribution is 0.130. The van der Waals surface area contributed by atoms with Crippen molar-refractivity contribution < 1.29 is 14.2 Å². The van der Waals surface area contributed by atoms with Crippen LogP contribution < -0.4 is 9.64 Å². The molecule has 1 aromatic heterocycles. The molecular weight excluding hydrogens is 355 g/mol. The van der Waals surface area contributed by atoms with Crippen LogP contribution in [0.4, 0.5) is 10.1 Å². The van der Waals surface area contributed by atoms with Crippen molar-refractivity contribution in [1.82, 2.24) is 4.57 Å². The van der Waals surface area contributed by atoms with Gasteiger partial charge in [-0.2, -0.15) is 0 Å². The van der Waals surface area contributed by atoms with E-state index in [1.807, 2.05) is 30.5 Å². The molecule has 1 saturated heterocycles. The molecule has 1 aliphatic heterocycles. The highest BCUT2D eigenvalue weighted by molar-refractivity contribution is 5.46. The first-order valence-electron chi connectivity index (χ1n) is 9.59. The standard InChI is InChI=1S/C23H25FN2O2/c1-28-21-8-4-18(5-9-21)22-11-13-26(16-23(22)27)20-10-12-25(15-20)14-17-2-6-19(24)7-3-17/h2-10,12,15,22-23,27H,11,13-14,16H2,1H3. The maximum atomic E-state index is 13.1. The van der Waals surface area contributed by atoms with E-state index < -0.39 is 6.10 Å². The van der Waals surface area contributed by atoms with Crippen molar-refractivity contribution in [2.75, 3.05) is 25.1 Å². The van der Waals surface area contributed by atoms with Crippen LogP contribution in [0.2, 0.25) is 0 Å². The third kappa shape index (κ3) is 4.04. The van der Waals surface area contributed by atoms with Crippen molar-refractivity contribution in [3.8, 4) is 5.75 Å². The summed E-state index contributed by atoms with van der Waals surface area (Å²) in [6.07, 6.45) is 4.60. The summed E-state index contributed by atoms with van der Waals surface area (Å²) in [5.74, 6) is 0.757. The molecule has 5 heteroatoms. The van der Waals surface area contributed by atoms with Gasteiger partial charge in [0, 0.05) is 37.9 Å². The number of rotatable bonds is 5. The van der Waals surface area contributed by atoms with E-state index in [0.717, 1.165) is 35.5 Å². The van der Waals surface area contributed by atoms with Gasteiger partial charge in [0.15, 0.2) is 0 Å². The van der Waals surface area contributed by atoms with Gasteiger partial charge >= 0.3 is 0 Å². The Labute approximate surface area is 164 Å². The number of hydrogen-bond acceptors (Lipinski definition) is 3. The average Bonchev–Trinajstić information content (AvgIpc) is 3.18. The molecule has 146 valence electrons. The molecule has 0 spiro atoms. The van der Waals surface area contributed by atoms with Crippen molar-refractivity contribution in [3.63, 3.8) is 0 Å². The summed E-state index contributed by atoms with van der Waals surface area (Å²) in [7, 11) is 1.66. The quantitative estimate of drug-likeness (QED) is 0.726. The summed E-state index contributed by atoms with van der Waals surface area (Å²) < 4.78 is 20.4. The number of aliphatic hydroxyl groups is 1. The van der Waals surface area contributed by atoms with Gasteiger partial charge < -0.3 is 19.3 Å². The topological polar surface area (TPSA) is 37.6 Å². The second-order valence-electron chi connectivity index (χ2n) is 7.35. The van der Waals surface area contributed by atoms with Gasteiger partial charge in [-0.3, -0.25) is 0 Å². The minimum Gasteiger partial charge on any atom is -0.497 e. The number of nitrogens with zero attached hydrogens (tertiary/aromatic N) is 2. The van der Waals surface area contributed by atoms with Crippen molar-refractivity contribution >= 4 is 5.69 Å². The van der Waals surface area contributed by atoms with Crippen molar-refractivity contribution in [2.45, 2.75) is 25.0 Å². The van der Waals surface area contributed by atoms with Gasteiger partial charge in [0.1, 0.15) is 11.6 Å². The monoisotopic (exact) mass is 380 g/mol. The molecule has 2 unspecified atom stereocenters. The molecule has 2 atom stereocenters. The second kappa shape index (κ2) is 8.07. The predicted molar refractivity (Wildman–Crippen MR) is 109 cm³/mol. The number of benzene rings is 2. The zero-order valence-corrected chi connectivity index (χ0v) is 16.0. The highest BCUT2D eigenvalue weighted by Gasteiger charge is 2.29. The van der Waals surface area contributed by atoms with E-state index in [1.54, 1.807) is 19.2 Å². The van der Waals surface area contributed by atoms with Crippen molar-refractivity contribution in [1.29, 1.82) is 0 Å². The van der Waals surface area contributed by atoms with Gasteiger partial charge in [0.2, 0.25) is 0 Å². The Hall–Kier alpha value is -2.79. The molecule has 28 heavy (non-hydrogen) atoms. The Balaban J connectivity index is 1.40. The molecule has 4 rings (SSSR count). The van der Waals surface area contributed by atoms with E-state index in [2.05, 4.69) is 21.7 Å². The number of aromatic nitrogens is 1. The van der Waals surface area contributed by atoms with E-state index in [0.29, 0.717) is 13.1 Å². The van der Waals surface area contributed by atoms with Crippen LogP contribution in [0.3, 0.4) is 0 Å². The van der Waals surface area contributed by atoms with Crippen molar-refractivity contribution in [3.05, 3.63) is 83.9 Å². The molecule has 2 aromatic carbocycles. The van der Waals surface area contributed by atoms with Crippen molar-refractivity contribution in [2.24, 2.45) is 0 Å². The third-order valence-electron chi connectivity index (χ3n) is 5.50. The average molecular weight is 380 g/mol. The van der Waals surface area contributed by atoms with Crippen LogP contribution in [0.5, 0.6) is 5.75 Å². The number of halogens is 1. The largest absolute Gasteiger partial charge is 0.497 e. The zero-order chi connectivity index (χ0) is 19.5. The highest BCUT2D eigenvalue weighted by atomic mass is 19.1. The van der Waals surface area contributed by atoms with Crippen LogP contribution in [0.1, 0.15) is 23.5 Å². The first-order valence-corrected chi connectivity index (χ1v) is 9.59. The summed E-state index contributed by atoms with van der Waals surface area (Å²) in [6.45, 7) is 2.21. The van der Waals surface area contributed by atoms with Gasteiger partial charge in [-0.05, 0) is 47.9 Å². The zero-order valence-electron chi connectivity index (χ0n) is 16.0. The van der Waals surface area contributed by atoms with Gasteiger partial charge in [-0.15, -0.1) is 0 Å². The fourth-order valence-electron chi connectivity index (χ4n) is 3.92. The number of hydrogen-bond donors (Lipinski definition) is 1. The van der Waals surface area contributed by atoms with E-state index in [-0.39, 0.29) is 11.7 Å². The number of piperidine rings is 1. The van der Waals surface area contributed by atoms with Crippen LogP contribution in [-0.4, -0.2) is 36.0 Å². The summed E-state index contributed by atoms with van der Waals surface area (Å²) in [6, 6.07) is 16.6. The first kappa shape index (κ1) is 18.6. The molecule has 3 aromatic rings. The maximum Gasteiger partial charge on any atom is 0.123 e. The van der Waals surface area contributed by atoms with Gasteiger partial charge in [0.25, 0.3) is 0 Å². The number of ether oxygens (including phenoxy) is 1. The minimum absolute atomic E-state index is 0.142. The van der Waals surface area contributed by atoms with Gasteiger partial charge in [0.05, 0.1) is 18.9 Å². The van der Waals surface area contributed by atoms with Crippen LogP contribution in [0.15, 0.2) is 67.0 Å². The number of anilines is 1. The SMILES string of the molecule is COc1ccc(C2CCN(c3ccn(Cc4ccc(F)cc4)c3)CC2O)cc1. The second-order valence-corrected chi connectivity index (χ2v) is 7.35. The molecular formula is C23H25FN2O2. The minimum atomic E-state index is -0.414. The lowest BCUT2D eigenvalue weighted by Gasteiger charge is -2.37. The lowest BCUT2D eigenvalue weighted by atomic mass is 9.87. The number of aliphatic hydroxyl groups excluding tert-OH is 1. The Morgan fingerprint density at radius 3 is 2.50 bits per heavy atom. The molecule has 4 nitrogen and oxygen atoms in total. The van der Waals surface area contributed by atoms with Crippen LogP contribution in [0, 0.1) is 5.82 Å². The van der Waals surface area contributed by atoms with Gasteiger partial charge in [-0.25, -0.2) is 4.39 Å². The Morgan fingerprint density at radius 1 is 1.07 bits per heavy atom. The van der Waals surface area contributed by atoms with Gasteiger partial charge in [-0.1, -0.05) is 24.3 Å². The van der Waals surface area contributed by atoms with Crippen LogP contribution in [-0.2, 0) is 6.54 Å². The molecule has 1 fully saturated rings. The van der Waals surface area contributed by atoms with Crippen LogP contribution in [0.25, 0.3) is 0 Å². The van der Waals surface area contributed by atoms with E-state index >= 15 is 0 Å². The summed E-state index contributed by atoms with van der Waals surface area (Å²) in [4.78, 5) is 2.23. The lowest BCUT2D eigenvalue weighted by Crippen LogP contribution is -2.42. The van der Waals surface area contributed by atoms with Crippen LogP contribution >= 0.6 is 0 Å². The van der Waals surface area contributed by atoms with E-state index in [9.17, 15) is 9.50 Å². The number of methoxy groups -OCH3 is 1. The van der Waals surface area contributed by atoms with E-state index in [4.69, 9.17) is 4.74 Å². The highest BCUT2D eigenvalue weighted by Crippen LogP contribution is 2.32. The third-order valence-corrected chi connectivity index (χ3v) is 5.50. The maximum absolute atomic E-state index is 13.1. The summed E-state index contributed by atoms with van der Waals surface area (Å²) in [5, 5.41) is 10.7.